The summed E-state index contributed by atoms with van der Waals surface area (Å²) in [4.78, 5) is 23.2. The highest BCUT2D eigenvalue weighted by Gasteiger charge is 2.24. The lowest BCUT2D eigenvalue weighted by Gasteiger charge is -2.22. The van der Waals surface area contributed by atoms with Gasteiger partial charge in [-0.25, -0.2) is 9.59 Å². The molecule has 0 heterocycles. The normalized spacial score (nSPS) is 12.4. The van der Waals surface area contributed by atoms with Crippen molar-refractivity contribution in [2.75, 3.05) is 6.61 Å². The van der Waals surface area contributed by atoms with Gasteiger partial charge in [0, 0.05) is 6.42 Å². The molecule has 128 valence electrons. The number of nitrogens with one attached hydrogen (secondary N) is 1. The summed E-state index contributed by atoms with van der Waals surface area (Å²) >= 11 is 0. The smallest absolute Gasteiger partial charge is 0.408 e. The van der Waals surface area contributed by atoms with Gasteiger partial charge in [-0.05, 0) is 57.9 Å². The van der Waals surface area contributed by atoms with Gasteiger partial charge in [-0.2, -0.15) is 0 Å². The number of hydrogen-bond donors (Lipinski definition) is 2. The van der Waals surface area contributed by atoms with Crippen LogP contribution in [0, 0.1) is 6.92 Å². The molecule has 0 aliphatic carbocycles. The Hall–Kier alpha value is -2.24. The first-order valence-corrected chi connectivity index (χ1v) is 7.57. The van der Waals surface area contributed by atoms with Crippen LogP contribution < -0.4 is 10.1 Å². The first-order valence-electron chi connectivity index (χ1n) is 7.57. The number of rotatable bonds is 6. The molecule has 1 rings (SSSR count). The SMILES string of the molecule is CCOc1ccc(C[C@H](NC(=O)OC(C)(C)C)C(=O)O)c(C)c1. The van der Waals surface area contributed by atoms with Crippen molar-refractivity contribution in [2.45, 2.75) is 52.7 Å². The number of alkyl carbamates (subject to hydrolysis) is 1. The molecule has 0 radical (unpaired) electrons. The number of carbonyl (C=O) groups is 2. The minimum absolute atomic E-state index is 0.173. The highest BCUT2D eigenvalue weighted by Crippen LogP contribution is 2.19. The molecule has 6 heteroatoms. The predicted molar refractivity (Wildman–Crippen MR) is 86.8 cm³/mol. The van der Waals surface area contributed by atoms with E-state index in [1.165, 1.54) is 0 Å². The third-order valence-corrected chi connectivity index (χ3v) is 3.04. The summed E-state index contributed by atoms with van der Waals surface area (Å²) in [6, 6.07) is 4.40. The van der Waals surface area contributed by atoms with Crippen LogP contribution in [0.5, 0.6) is 5.75 Å². The van der Waals surface area contributed by atoms with Crippen LogP contribution >= 0.6 is 0 Å². The second-order valence-corrected chi connectivity index (χ2v) is 6.26. The van der Waals surface area contributed by atoms with E-state index in [-0.39, 0.29) is 6.42 Å². The van der Waals surface area contributed by atoms with Crippen molar-refractivity contribution in [3.63, 3.8) is 0 Å². The van der Waals surface area contributed by atoms with E-state index in [2.05, 4.69) is 5.32 Å². The molecule has 1 aromatic rings. The number of amides is 1. The van der Waals surface area contributed by atoms with Gasteiger partial charge in [0.25, 0.3) is 0 Å². The van der Waals surface area contributed by atoms with Gasteiger partial charge in [-0.1, -0.05) is 6.07 Å². The zero-order valence-corrected chi connectivity index (χ0v) is 14.3. The summed E-state index contributed by atoms with van der Waals surface area (Å²) in [5, 5.41) is 11.7. The highest BCUT2D eigenvalue weighted by atomic mass is 16.6. The van der Waals surface area contributed by atoms with E-state index in [9.17, 15) is 14.7 Å². The van der Waals surface area contributed by atoms with E-state index < -0.39 is 23.7 Å². The molecule has 0 aliphatic heterocycles. The first-order chi connectivity index (χ1) is 10.6. The zero-order chi connectivity index (χ0) is 17.6. The van der Waals surface area contributed by atoms with E-state index >= 15 is 0 Å². The molecule has 1 amide bonds. The van der Waals surface area contributed by atoms with Gasteiger partial charge >= 0.3 is 12.1 Å². The summed E-state index contributed by atoms with van der Waals surface area (Å²) in [6.45, 7) is 9.51. The third-order valence-electron chi connectivity index (χ3n) is 3.04. The summed E-state index contributed by atoms with van der Waals surface area (Å²) in [6.07, 6.45) is -0.569. The summed E-state index contributed by atoms with van der Waals surface area (Å²) in [5.41, 5.74) is 1.06. The number of ether oxygens (including phenoxy) is 2. The van der Waals surface area contributed by atoms with E-state index in [1.54, 1.807) is 26.8 Å². The van der Waals surface area contributed by atoms with Crippen LogP contribution in [0.4, 0.5) is 4.79 Å². The lowest BCUT2D eigenvalue weighted by molar-refractivity contribution is -0.139. The Kier molecular flexibility index (Phi) is 6.42. The molecule has 0 saturated heterocycles. The maximum Gasteiger partial charge on any atom is 0.408 e. The zero-order valence-electron chi connectivity index (χ0n) is 14.3. The molecule has 0 saturated carbocycles. The monoisotopic (exact) mass is 323 g/mol. The maximum atomic E-state index is 11.8. The molecule has 0 spiro atoms. The highest BCUT2D eigenvalue weighted by molar-refractivity contribution is 5.80. The van der Waals surface area contributed by atoms with Gasteiger partial charge in [0.1, 0.15) is 17.4 Å². The van der Waals surface area contributed by atoms with Crippen molar-refractivity contribution in [3.05, 3.63) is 29.3 Å². The molecule has 23 heavy (non-hydrogen) atoms. The first kappa shape index (κ1) is 18.8. The van der Waals surface area contributed by atoms with Crippen LogP contribution in [-0.4, -0.2) is 35.4 Å². The molecule has 0 aliphatic rings. The van der Waals surface area contributed by atoms with Gasteiger partial charge in [0.15, 0.2) is 0 Å². The number of benzene rings is 1. The Morgan fingerprint density at radius 1 is 1.30 bits per heavy atom. The Morgan fingerprint density at radius 3 is 2.43 bits per heavy atom. The average Bonchev–Trinajstić information content (AvgIpc) is 2.38. The molecule has 0 aromatic heterocycles. The third kappa shape index (κ3) is 6.59. The van der Waals surface area contributed by atoms with Gasteiger partial charge < -0.3 is 19.9 Å². The second kappa shape index (κ2) is 7.85. The van der Waals surface area contributed by atoms with Crippen LogP contribution in [0.1, 0.15) is 38.8 Å². The van der Waals surface area contributed by atoms with Crippen molar-refractivity contribution in [2.24, 2.45) is 0 Å². The molecule has 0 bridgehead atoms. The van der Waals surface area contributed by atoms with Crippen LogP contribution in [0.3, 0.4) is 0 Å². The number of aryl methyl sites for hydroxylation is 1. The van der Waals surface area contributed by atoms with Crippen molar-refractivity contribution in [1.29, 1.82) is 0 Å². The Balaban J connectivity index is 2.80. The molecule has 0 unspecified atom stereocenters. The molecule has 2 N–H and O–H groups in total. The van der Waals surface area contributed by atoms with Gasteiger partial charge in [-0.3, -0.25) is 0 Å². The maximum absolute atomic E-state index is 11.8. The van der Waals surface area contributed by atoms with Gasteiger partial charge in [0.2, 0.25) is 0 Å². The van der Waals surface area contributed by atoms with Crippen LogP contribution in [0.2, 0.25) is 0 Å². The Labute approximate surface area is 136 Å². The van der Waals surface area contributed by atoms with Crippen molar-refractivity contribution in [3.8, 4) is 5.75 Å². The summed E-state index contributed by atoms with van der Waals surface area (Å²) < 4.78 is 10.5. The molecule has 1 atom stereocenters. The number of aliphatic carboxylic acids is 1. The Bertz CT molecular complexity index is 563. The molecule has 1 aromatic carbocycles. The summed E-state index contributed by atoms with van der Waals surface area (Å²) in [5.74, 6) is -0.370. The van der Waals surface area contributed by atoms with E-state index in [4.69, 9.17) is 9.47 Å². The molecule has 0 fully saturated rings. The molecule has 6 nitrogen and oxygen atoms in total. The van der Waals surface area contributed by atoms with Gasteiger partial charge in [0.05, 0.1) is 6.61 Å². The number of carboxylic acids is 1. The Morgan fingerprint density at radius 2 is 1.96 bits per heavy atom. The van der Waals surface area contributed by atoms with Crippen molar-refractivity contribution in [1.82, 2.24) is 5.32 Å². The fraction of sp³-hybridized carbons (Fsp3) is 0.529. The van der Waals surface area contributed by atoms with Crippen molar-refractivity contribution < 1.29 is 24.2 Å². The standard InChI is InChI=1S/C17H25NO5/c1-6-22-13-8-7-12(11(2)9-13)10-14(15(19)20)18-16(21)23-17(3,4)5/h7-9,14H,6,10H2,1-5H3,(H,18,21)(H,19,20)/t14-/m0/s1. The quantitative estimate of drug-likeness (QED) is 0.841. The largest absolute Gasteiger partial charge is 0.494 e. The van der Waals surface area contributed by atoms with Crippen LogP contribution in [0.25, 0.3) is 0 Å². The van der Waals surface area contributed by atoms with E-state index in [0.29, 0.717) is 6.61 Å². The average molecular weight is 323 g/mol. The predicted octanol–water partition coefficient (Wildman–Crippen LogP) is 2.91. The van der Waals surface area contributed by atoms with Crippen LogP contribution in [-0.2, 0) is 16.0 Å². The van der Waals surface area contributed by atoms with Gasteiger partial charge in [-0.15, -0.1) is 0 Å². The lowest BCUT2D eigenvalue weighted by atomic mass is 10.0. The minimum Gasteiger partial charge on any atom is -0.494 e. The topological polar surface area (TPSA) is 84.9 Å². The van der Waals surface area contributed by atoms with E-state index in [1.807, 2.05) is 26.0 Å². The second-order valence-electron chi connectivity index (χ2n) is 6.26. The fourth-order valence-electron chi connectivity index (χ4n) is 2.02. The molecular weight excluding hydrogens is 298 g/mol. The summed E-state index contributed by atoms with van der Waals surface area (Å²) in [7, 11) is 0. The van der Waals surface area contributed by atoms with Crippen molar-refractivity contribution >= 4 is 12.1 Å². The number of hydrogen-bond acceptors (Lipinski definition) is 4. The fourth-order valence-corrected chi connectivity index (χ4v) is 2.02. The van der Waals surface area contributed by atoms with Crippen LogP contribution in [0.15, 0.2) is 18.2 Å². The number of carbonyl (C=O) groups excluding carboxylic acids is 1. The van der Waals surface area contributed by atoms with E-state index in [0.717, 1.165) is 16.9 Å². The lowest BCUT2D eigenvalue weighted by Crippen LogP contribution is -2.44. The minimum atomic E-state index is -1.11. The number of carboxylic acid groups (broad SMARTS) is 1. The molecular formula is C17H25NO5.